The molecule has 20 heavy (non-hydrogen) atoms. The van der Waals surface area contributed by atoms with Gasteiger partial charge in [0.1, 0.15) is 0 Å². The highest BCUT2D eigenvalue weighted by Gasteiger charge is 2.23. The summed E-state index contributed by atoms with van der Waals surface area (Å²) < 4.78 is 0. The van der Waals surface area contributed by atoms with Crippen molar-refractivity contribution >= 4 is 35.1 Å². The minimum atomic E-state index is -0.0787. The Labute approximate surface area is 128 Å². The van der Waals surface area contributed by atoms with Gasteiger partial charge in [-0.25, -0.2) is 0 Å². The van der Waals surface area contributed by atoms with Crippen molar-refractivity contribution in [2.24, 2.45) is 0 Å². The zero-order valence-corrected chi connectivity index (χ0v) is 12.6. The number of hydrogen-bond donors (Lipinski definition) is 2. The summed E-state index contributed by atoms with van der Waals surface area (Å²) in [5.41, 5.74) is 0.500. The molecule has 1 aromatic carbocycles. The molecule has 0 aromatic heterocycles. The van der Waals surface area contributed by atoms with Crippen LogP contribution in [0.2, 0.25) is 10.0 Å². The lowest BCUT2D eigenvalue weighted by Crippen LogP contribution is -2.52. The Bertz CT molecular complexity index is 507. The standard InChI is InChI=1S/C13H16Cl2N4O/c1-17-13(16)19-4-2-18(3-5-19)12(20)9-6-10(14)8-11(15)7-9/h6-8H,2-5H2,1H3,(H2,16,17). The van der Waals surface area contributed by atoms with Crippen LogP contribution in [0.15, 0.2) is 18.2 Å². The van der Waals surface area contributed by atoms with E-state index < -0.39 is 0 Å². The van der Waals surface area contributed by atoms with Crippen LogP contribution in [0, 0.1) is 5.41 Å². The third-order valence-electron chi connectivity index (χ3n) is 3.23. The number of amides is 1. The van der Waals surface area contributed by atoms with E-state index in [1.807, 2.05) is 4.90 Å². The summed E-state index contributed by atoms with van der Waals surface area (Å²) in [6.45, 7) is 2.43. The van der Waals surface area contributed by atoms with Crippen LogP contribution in [0.25, 0.3) is 0 Å². The molecule has 1 aromatic rings. The molecule has 0 saturated carbocycles. The molecule has 2 rings (SSSR count). The third kappa shape index (κ3) is 3.35. The second-order valence-corrected chi connectivity index (χ2v) is 5.41. The lowest BCUT2D eigenvalue weighted by molar-refractivity contribution is 0.0689. The SMILES string of the molecule is CNC(=N)N1CCN(C(=O)c2cc(Cl)cc(Cl)c2)CC1. The molecular weight excluding hydrogens is 299 g/mol. The maximum absolute atomic E-state index is 12.4. The van der Waals surface area contributed by atoms with Crippen LogP contribution in [-0.4, -0.2) is 54.9 Å². The summed E-state index contributed by atoms with van der Waals surface area (Å²) in [7, 11) is 1.72. The minimum absolute atomic E-state index is 0.0787. The molecule has 7 heteroatoms. The highest BCUT2D eigenvalue weighted by molar-refractivity contribution is 6.35. The molecule has 5 nitrogen and oxygen atoms in total. The number of hydrogen-bond acceptors (Lipinski definition) is 2. The molecule has 1 saturated heterocycles. The Morgan fingerprint density at radius 1 is 1.10 bits per heavy atom. The Kier molecular flexibility index (Phi) is 4.73. The van der Waals surface area contributed by atoms with Gasteiger partial charge in [-0.3, -0.25) is 10.2 Å². The predicted molar refractivity (Wildman–Crippen MR) is 80.7 cm³/mol. The van der Waals surface area contributed by atoms with E-state index >= 15 is 0 Å². The first-order valence-corrected chi connectivity index (χ1v) is 7.03. The zero-order chi connectivity index (χ0) is 14.7. The first-order chi connectivity index (χ1) is 9.51. The molecule has 0 atom stereocenters. The molecule has 108 valence electrons. The summed E-state index contributed by atoms with van der Waals surface area (Å²) in [6, 6.07) is 4.85. The maximum atomic E-state index is 12.4. The average molecular weight is 315 g/mol. The lowest BCUT2D eigenvalue weighted by Gasteiger charge is -2.35. The Morgan fingerprint density at radius 3 is 2.10 bits per heavy atom. The summed E-state index contributed by atoms with van der Waals surface area (Å²) in [5.74, 6) is 0.299. The van der Waals surface area contributed by atoms with E-state index in [1.165, 1.54) is 0 Å². The van der Waals surface area contributed by atoms with Gasteiger partial charge >= 0.3 is 0 Å². The summed E-state index contributed by atoms with van der Waals surface area (Å²) >= 11 is 11.8. The highest BCUT2D eigenvalue weighted by atomic mass is 35.5. The Morgan fingerprint density at radius 2 is 1.60 bits per heavy atom. The number of guanidine groups is 1. The highest BCUT2D eigenvalue weighted by Crippen LogP contribution is 2.20. The van der Waals surface area contributed by atoms with Gasteiger partial charge in [0, 0.05) is 48.8 Å². The third-order valence-corrected chi connectivity index (χ3v) is 3.67. The van der Waals surface area contributed by atoms with Crippen LogP contribution < -0.4 is 5.32 Å². The quantitative estimate of drug-likeness (QED) is 0.615. The van der Waals surface area contributed by atoms with Gasteiger partial charge in [0.25, 0.3) is 5.91 Å². The molecule has 1 amide bonds. The van der Waals surface area contributed by atoms with Crippen molar-refractivity contribution < 1.29 is 4.79 Å². The fourth-order valence-electron chi connectivity index (χ4n) is 2.15. The molecule has 1 heterocycles. The second-order valence-electron chi connectivity index (χ2n) is 4.54. The van der Waals surface area contributed by atoms with Gasteiger partial charge in [0.15, 0.2) is 5.96 Å². The number of carbonyl (C=O) groups excluding carboxylic acids is 1. The Hall–Kier alpha value is -1.46. The lowest BCUT2D eigenvalue weighted by atomic mass is 10.2. The molecule has 1 aliphatic heterocycles. The van der Waals surface area contributed by atoms with Gasteiger partial charge in [0.2, 0.25) is 0 Å². The predicted octanol–water partition coefficient (Wildman–Crippen LogP) is 1.91. The van der Waals surface area contributed by atoms with Gasteiger partial charge in [-0.2, -0.15) is 0 Å². The van der Waals surface area contributed by atoms with Gasteiger partial charge in [-0.05, 0) is 18.2 Å². The van der Waals surface area contributed by atoms with Gasteiger partial charge in [0.05, 0.1) is 0 Å². The van der Waals surface area contributed by atoms with Gasteiger partial charge in [-0.15, -0.1) is 0 Å². The fourth-order valence-corrected chi connectivity index (χ4v) is 2.68. The van der Waals surface area contributed by atoms with Gasteiger partial charge < -0.3 is 15.1 Å². The normalized spacial score (nSPS) is 15.2. The monoisotopic (exact) mass is 314 g/mol. The van der Waals surface area contributed by atoms with Crippen molar-refractivity contribution in [1.82, 2.24) is 15.1 Å². The largest absolute Gasteiger partial charge is 0.359 e. The van der Waals surface area contributed by atoms with Crippen LogP contribution in [-0.2, 0) is 0 Å². The van der Waals surface area contributed by atoms with E-state index in [4.69, 9.17) is 28.6 Å². The van der Waals surface area contributed by atoms with E-state index in [-0.39, 0.29) is 5.91 Å². The smallest absolute Gasteiger partial charge is 0.254 e. The molecule has 2 N–H and O–H groups in total. The first-order valence-electron chi connectivity index (χ1n) is 6.28. The summed E-state index contributed by atoms with van der Waals surface area (Å²) in [4.78, 5) is 16.0. The van der Waals surface area contributed by atoms with Crippen molar-refractivity contribution in [3.05, 3.63) is 33.8 Å². The van der Waals surface area contributed by atoms with Crippen LogP contribution in [0.4, 0.5) is 0 Å². The number of piperazine rings is 1. The van der Waals surface area contributed by atoms with E-state index in [0.717, 1.165) is 0 Å². The molecular formula is C13H16Cl2N4O. The molecule has 0 radical (unpaired) electrons. The summed E-state index contributed by atoms with van der Waals surface area (Å²) in [6.07, 6.45) is 0. The molecule has 1 aliphatic rings. The molecule has 1 fully saturated rings. The van der Waals surface area contributed by atoms with Crippen molar-refractivity contribution in [2.45, 2.75) is 0 Å². The molecule has 0 bridgehead atoms. The number of nitrogens with one attached hydrogen (secondary N) is 2. The maximum Gasteiger partial charge on any atom is 0.254 e. The van der Waals surface area contributed by atoms with Gasteiger partial charge in [-0.1, -0.05) is 23.2 Å². The van der Waals surface area contributed by atoms with Crippen molar-refractivity contribution in [2.75, 3.05) is 33.2 Å². The van der Waals surface area contributed by atoms with E-state index in [1.54, 1.807) is 30.1 Å². The molecule has 0 aliphatic carbocycles. The van der Waals surface area contributed by atoms with Crippen molar-refractivity contribution in [3.63, 3.8) is 0 Å². The van der Waals surface area contributed by atoms with Crippen LogP contribution in [0.3, 0.4) is 0 Å². The van der Waals surface area contributed by atoms with E-state index in [2.05, 4.69) is 5.32 Å². The van der Waals surface area contributed by atoms with E-state index in [0.29, 0.717) is 47.7 Å². The first kappa shape index (κ1) is 14.9. The number of benzene rings is 1. The number of carbonyl (C=O) groups is 1. The summed E-state index contributed by atoms with van der Waals surface area (Å²) in [5, 5.41) is 11.4. The molecule has 0 spiro atoms. The van der Waals surface area contributed by atoms with E-state index in [9.17, 15) is 4.79 Å². The zero-order valence-electron chi connectivity index (χ0n) is 11.1. The number of halogens is 2. The van der Waals surface area contributed by atoms with Crippen molar-refractivity contribution in [1.29, 1.82) is 5.41 Å². The minimum Gasteiger partial charge on any atom is -0.359 e. The number of rotatable bonds is 1. The molecule has 0 unspecified atom stereocenters. The second kappa shape index (κ2) is 6.33. The fraction of sp³-hybridized carbons (Fsp3) is 0.385. The number of nitrogens with zero attached hydrogens (tertiary/aromatic N) is 2. The average Bonchev–Trinajstić information content (AvgIpc) is 2.45. The van der Waals surface area contributed by atoms with Crippen LogP contribution in [0.5, 0.6) is 0 Å². The van der Waals surface area contributed by atoms with Crippen LogP contribution in [0.1, 0.15) is 10.4 Å². The van der Waals surface area contributed by atoms with Crippen LogP contribution >= 0.6 is 23.2 Å². The van der Waals surface area contributed by atoms with Crippen molar-refractivity contribution in [3.8, 4) is 0 Å². The topological polar surface area (TPSA) is 59.4 Å². The Balaban J connectivity index is 2.03.